The highest BCUT2D eigenvalue weighted by Gasteiger charge is 2.06. The van der Waals surface area contributed by atoms with Gasteiger partial charge in [-0.2, -0.15) is 5.26 Å². The second-order valence-electron chi connectivity index (χ2n) is 3.61. The molecule has 17 heavy (non-hydrogen) atoms. The van der Waals surface area contributed by atoms with Crippen LogP contribution in [0.15, 0.2) is 30.3 Å². The minimum atomic E-state index is 0.727. The van der Waals surface area contributed by atoms with Crippen molar-refractivity contribution in [2.24, 2.45) is 0 Å². The predicted octanol–water partition coefficient (Wildman–Crippen LogP) is 3.66. The molecule has 1 N–H and O–H groups in total. The van der Waals surface area contributed by atoms with Crippen LogP contribution in [0.3, 0.4) is 0 Å². The average molecular weight is 263 g/mol. The van der Waals surface area contributed by atoms with Crippen LogP contribution in [0.1, 0.15) is 10.4 Å². The maximum absolute atomic E-state index is 8.81. The Bertz CT molecular complexity index is 569. The van der Waals surface area contributed by atoms with E-state index < -0.39 is 0 Å². The van der Waals surface area contributed by atoms with Crippen LogP contribution in [-0.2, 0) is 6.54 Å². The molecule has 0 saturated heterocycles. The van der Waals surface area contributed by atoms with Crippen molar-refractivity contribution in [3.8, 4) is 16.5 Å². The van der Waals surface area contributed by atoms with Crippen molar-refractivity contribution >= 4 is 22.9 Å². The molecule has 0 saturated carbocycles. The lowest BCUT2D eigenvalue weighted by Crippen LogP contribution is -2.05. The van der Waals surface area contributed by atoms with Gasteiger partial charge in [-0.25, -0.2) is 0 Å². The maximum atomic E-state index is 8.81. The lowest BCUT2D eigenvalue weighted by atomic mass is 10.1. The Balaban J connectivity index is 2.39. The number of hydrogen-bond acceptors (Lipinski definition) is 3. The summed E-state index contributed by atoms with van der Waals surface area (Å²) in [5.74, 6) is 0. The van der Waals surface area contributed by atoms with Crippen LogP contribution in [-0.4, -0.2) is 7.05 Å². The van der Waals surface area contributed by atoms with Gasteiger partial charge in [-0.1, -0.05) is 17.7 Å². The Morgan fingerprint density at radius 1 is 1.35 bits per heavy atom. The third kappa shape index (κ3) is 2.67. The first kappa shape index (κ1) is 12.1. The fourth-order valence-corrected chi connectivity index (χ4v) is 2.59. The first-order valence-corrected chi connectivity index (χ1v) is 6.37. The van der Waals surface area contributed by atoms with Gasteiger partial charge in [0.25, 0.3) is 0 Å². The first-order valence-electron chi connectivity index (χ1n) is 5.18. The van der Waals surface area contributed by atoms with E-state index in [1.54, 1.807) is 0 Å². The van der Waals surface area contributed by atoms with Gasteiger partial charge in [-0.3, -0.25) is 0 Å². The quantitative estimate of drug-likeness (QED) is 0.916. The minimum absolute atomic E-state index is 0.727. The van der Waals surface area contributed by atoms with Gasteiger partial charge in [0.15, 0.2) is 0 Å². The lowest BCUT2D eigenvalue weighted by molar-refractivity contribution is 0.818. The molecule has 0 spiro atoms. The summed E-state index contributed by atoms with van der Waals surface area (Å²) in [4.78, 5) is 1.82. The molecule has 0 aliphatic heterocycles. The van der Waals surface area contributed by atoms with Crippen molar-refractivity contribution in [3.63, 3.8) is 0 Å². The zero-order chi connectivity index (χ0) is 12.3. The Morgan fingerprint density at radius 3 is 2.82 bits per heavy atom. The molecule has 86 valence electrons. The number of hydrogen-bond donors (Lipinski definition) is 1. The summed E-state index contributed by atoms with van der Waals surface area (Å²) in [7, 11) is 1.89. The zero-order valence-corrected chi connectivity index (χ0v) is 10.9. The van der Waals surface area contributed by atoms with Gasteiger partial charge in [0, 0.05) is 16.4 Å². The molecule has 1 heterocycles. The molecule has 1 aromatic heterocycles. The van der Waals surface area contributed by atoms with Crippen LogP contribution in [0.2, 0.25) is 5.02 Å². The number of benzene rings is 1. The van der Waals surface area contributed by atoms with E-state index in [-0.39, 0.29) is 0 Å². The minimum Gasteiger partial charge on any atom is -0.316 e. The second-order valence-corrected chi connectivity index (χ2v) is 5.10. The standard InChI is InChI=1S/C13H11ClN2S/c1-16-8-10-6-9(2-4-12(10)14)13-5-3-11(7-15)17-13/h2-6,16H,8H2,1H3. The van der Waals surface area contributed by atoms with Crippen molar-refractivity contribution < 1.29 is 0 Å². The van der Waals surface area contributed by atoms with Crippen molar-refractivity contribution in [3.05, 3.63) is 45.8 Å². The van der Waals surface area contributed by atoms with E-state index >= 15 is 0 Å². The molecule has 0 radical (unpaired) electrons. The molecule has 0 aliphatic carbocycles. The summed E-state index contributed by atoms with van der Waals surface area (Å²) >= 11 is 7.60. The van der Waals surface area contributed by atoms with E-state index in [4.69, 9.17) is 16.9 Å². The summed E-state index contributed by atoms with van der Waals surface area (Å²) in [6, 6.07) is 11.9. The number of rotatable bonds is 3. The highest BCUT2D eigenvalue weighted by molar-refractivity contribution is 7.16. The van der Waals surface area contributed by atoms with Crippen LogP contribution >= 0.6 is 22.9 Å². The molecular formula is C13H11ClN2S. The number of nitrogens with one attached hydrogen (secondary N) is 1. The lowest BCUT2D eigenvalue weighted by Gasteiger charge is -2.05. The van der Waals surface area contributed by atoms with Crippen LogP contribution in [0.4, 0.5) is 0 Å². The van der Waals surface area contributed by atoms with E-state index in [2.05, 4.69) is 17.5 Å². The number of thiophene rings is 1. The maximum Gasteiger partial charge on any atom is 0.110 e. The summed E-state index contributed by atoms with van der Waals surface area (Å²) in [5.41, 5.74) is 2.17. The van der Waals surface area contributed by atoms with E-state index in [0.717, 1.165) is 32.4 Å². The highest BCUT2D eigenvalue weighted by atomic mass is 35.5. The van der Waals surface area contributed by atoms with Gasteiger partial charge >= 0.3 is 0 Å². The molecule has 0 fully saturated rings. The van der Waals surface area contributed by atoms with Crippen molar-refractivity contribution in [1.82, 2.24) is 5.32 Å². The Morgan fingerprint density at radius 2 is 2.18 bits per heavy atom. The fraction of sp³-hybridized carbons (Fsp3) is 0.154. The van der Waals surface area contributed by atoms with Crippen LogP contribution < -0.4 is 5.32 Å². The fourth-order valence-electron chi connectivity index (χ4n) is 1.61. The third-order valence-electron chi connectivity index (χ3n) is 2.41. The number of nitriles is 1. The van der Waals surface area contributed by atoms with Crippen molar-refractivity contribution in [2.45, 2.75) is 6.54 Å². The predicted molar refractivity (Wildman–Crippen MR) is 72.2 cm³/mol. The van der Waals surface area contributed by atoms with Gasteiger partial charge < -0.3 is 5.32 Å². The SMILES string of the molecule is CNCc1cc(-c2ccc(C#N)s2)ccc1Cl. The Hall–Kier alpha value is -1.34. The largest absolute Gasteiger partial charge is 0.316 e. The molecule has 0 amide bonds. The van der Waals surface area contributed by atoms with E-state index in [1.165, 1.54) is 11.3 Å². The van der Waals surface area contributed by atoms with Crippen LogP contribution in [0, 0.1) is 11.3 Å². The Kier molecular flexibility index (Phi) is 3.80. The van der Waals surface area contributed by atoms with Crippen molar-refractivity contribution in [1.29, 1.82) is 5.26 Å². The van der Waals surface area contributed by atoms with Gasteiger partial charge in [-0.15, -0.1) is 11.3 Å². The summed E-state index contributed by atoms with van der Waals surface area (Å²) in [6.07, 6.45) is 0. The van der Waals surface area contributed by atoms with Crippen LogP contribution in [0.25, 0.3) is 10.4 Å². The molecular weight excluding hydrogens is 252 g/mol. The van der Waals surface area contributed by atoms with E-state index in [0.29, 0.717) is 0 Å². The number of nitrogens with zero attached hydrogens (tertiary/aromatic N) is 1. The van der Waals surface area contributed by atoms with Crippen LogP contribution in [0.5, 0.6) is 0 Å². The molecule has 0 aliphatic rings. The summed E-state index contributed by atoms with van der Waals surface area (Å²) in [5, 5.41) is 12.7. The highest BCUT2D eigenvalue weighted by Crippen LogP contribution is 2.30. The van der Waals surface area contributed by atoms with Gasteiger partial charge in [0.05, 0.1) is 0 Å². The molecule has 0 bridgehead atoms. The molecule has 0 atom stereocenters. The van der Waals surface area contributed by atoms with E-state index in [9.17, 15) is 0 Å². The Labute approximate surface area is 109 Å². The average Bonchev–Trinajstić information content (AvgIpc) is 2.81. The van der Waals surface area contributed by atoms with Crippen molar-refractivity contribution in [2.75, 3.05) is 7.05 Å². The zero-order valence-electron chi connectivity index (χ0n) is 9.33. The number of halogens is 1. The normalized spacial score (nSPS) is 10.2. The van der Waals surface area contributed by atoms with Gasteiger partial charge in [0.2, 0.25) is 0 Å². The molecule has 2 rings (SSSR count). The van der Waals surface area contributed by atoms with E-state index in [1.807, 2.05) is 31.3 Å². The second kappa shape index (κ2) is 5.33. The first-order chi connectivity index (χ1) is 8.24. The van der Waals surface area contributed by atoms with Gasteiger partial charge in [-0.05, 0) is 42.4 Å². The smallest absolute Gasteiger partial charge is 0.110 e. The van der Waals surface area contributed by atoms with Gasteiger partial charge in [0.1, 0.15) is 10.9 Å². The molecule has 2 aromatic rings. The molecule has 4 heteroatoms. The molecule has 0 unspecified atom stereocenters. The molecule has 2 nitrogen and oxygen atoms in total. The topological polar surface area (TPSA) is 35.8 Å². The molecule has 1 aromatic carbocycles. The summed E-state index contributed by atoms with van der Waals surface area (Å²) in [6.45, 7) is 0.739. The summed E-state index contributed by atoms with van der Waals surface area (Å²) < 4.78 is 0. The third-order valence-corrected chi connectivity index (χ3v) is 3.82. The monoisotopic (exact) mass is 262 g/mol.